The summed E-state index contributed by atoms with van der Waals surface area (Å²) in [4.78, 5) is 0. The van der Waals surface area contributed by atoms with Crippen molar-refractivity contribution in [1.82, 2.24) is 0 Å². The third-order valence-corrected chi connectivity index (χ3v) is 2.43. The Morgan fingerprint density at radius 1 is 0.923 bits per heavy atom. The van der Waals surface area contributed by atoms with Gasteiger partial charge in [0.1, 0.15) is 0 Å². The Morgan fingerprint density at radius 3 is 2.15 bits per heavy atom. The van der Waals surface area contributed by atoms with Crippen LogP contribution in [0.3, 0.4) is 0 Å². The molecule has 65 valence electrons. The number of benzene rings is 1. The number of allylic oxidation sites excluding steroid dienone is 4. The van der Waals surface area contributed by atoms with E-state index in [1.54, 1.807) is 0 Å². The van der Waals surface area contributed by atoms with E-state index in [9.17, 15) is 0 Å². The second-order valence-electron chi connectivity index (χ2n) is 3.44. The van der Waals surface area contributed by atoms with Crippen molar-refractivity contribution in [2.75, 3.05) is 0 Å². The fourth-order valence-electron chi connectivity index (χ4n) is 1.81. The van der Waals surface area contributed by atoms with E-state index in [0.29, 0.717) is 0 Å². The van der Waals surface area contributed by atoms with Gasteiger partial charge in [0.2, 0.25) is 0 Å². The zero-order valence-electron chi connectivity index (χ0n) is 8.04. The molecular formula is C13H13. The minimum Gasteiger partial charge on any atom is -0.0760 e. The van der Waals surface area contributed by atoms with Crippen molar-refractivity contribution in [1.29, 1.82) is 0 Å². The Balaban J connectivity index is 2.50. The van der Waals surface area contributed by atoms with Crippen molar-refractivity contribution in [3.63, 3.8) is 0 Å². The van der Waals surface area contributed by atoms with E-state index in [1.807, 2.05) is 0 Å². The standard InChI is InChI=1S/C13H13/c1-10-6-5-7-11(2)13(10)12-8-3-4-9-12/h3-9H,1-2H3. The number of aryl methyl sites for hydroxylation is 2. The normalized spacial score (nSPS) is 14.8. The summed E-state index contributed by atoms with van der Waals surface area (Å²) in [5.74, 6) is 0. The lowest BCUT2D eigenvalue weighted by atomic mass is 9.95. The fraction of sp³-hybridized carbons (Fsp3) is 0.154. The van der Waals surface area contributed by atoms with Gasteiger partial charge in [0.15, 0.2) is 0 Å². The van der Waals surface area contributed by atoms with E-state index in [2.05, 4.69) is 56.7 Å². The molecule has 1 aliphatic carbocycles. The maximum Gasteiger partial charge on any atom is 0.0131 e. The van der Waals surface area contributed by atoms with Crippen LogP contribution in [0.2, 0.25) is 0 Å². The molecule has 2 rings (SSSR count). The average Bonchev–Trinajstić information content (AvgIpc) is 2.57. The molecule has 0 saturated carbocycles. The second kappa shape index (κ2) is 3.21. The van der Waals surface area contributed by atoms with E-state index in [1.165, 1.54) is 22.3 Å². The van der Waals surface area contributed by atoms with Crippen LogP contribution >= 0.6 is 0 Å². The summed E-state index contributed by atoms with van der Waals surface area (Å²) in [6.45, 7) is 4.32. The fourth-order valence-corrected chi connectivity index (χ4v) is 1.81. The summed E-state index contributed by atoms with van der Waals surface area (Å²) >= 11 is 0. The number of hydrogen-bond acceptors (Lipinski definition) is 0. The molecule has 0 heteroatoms. The zero-order chi connectivity index (χ0) is 9.26. The largest absolute Gasteiger partial charge is 0.0760 e. The Labute approximate surface area is 79.6 Å². The molecule has 0 bridgehead atoms. The lowest BCUT2D eigenvalue weighted by molar-refractivity contribution is 1.34. The molecule has 0 N–H and O–H groups in total. The van der Waals surface area contributed by atoms with E-state index < -0.39 is 0 Å². The molecule has 0 fully saturated rings. The molecule has 13 heavy (non-hydrogen) atoms. The lowest BCUT2D eigenvalue weighted by Crippen LogP contribution is -1.91. The van der Waals surface area contributed by atoms with E-state index >= 15 is 0 Å². The smallest absolute Gasteiger partial charge is 0.0131 e. The highest BCUT2D eigenvalue weighted by Crippen LogP contribution is 2.27. The first kappa shape index (κ1) is 8.31. The molecule has 1 aromatic carbocycles. The summed E-state index contributed by atoms with van der Waals surface area (Å²) in [5.41, 5.74) is 5.42. The molecule has 0 atom stereocenters. The molecule has 0 unspecified atom stereocenters. The van der Waals surface area contributed by atoms with Crippen molar-refractivity contribution in [3.05, 3.63) is 59.5 Å². The van der Waals surface area contributed by atoms with Crippen molar-refractivity contribution in [2.24, 2.45) is 0 Å². The van der Waals surface area contributed by atoms with Crippen LogP contribution < -0.4 is 0 Å². The van der Waals surface area contributed by atoms with Crippen molar-refractivity contribution in [2.45, 2.75) is 13.8 Å². The third kappa shape index (κ3) is 1.44. The quantitative estimate of drug-likeness (QED) is 0.604. The molecule has 0 saturated heterocycles. The highest BCUT2D eigenvalue weighted by molar-refractivity contribution is 5.81. The maximum absolute atomic E-state index is 2.16. The van der Waals surface area contributed by atoms with Gasteiger partial charge in [-0.05, 0) is 36.1 Å². The summed E-state index contributed by atoms with van der Waals surface area (Å²) in [6.07, 6.45) is 8.49. The predicted molar refractivity (Wildman–Crippen MR) is 57.3 cm³/mol. The van der Waals surface area contributed by atoms with Crippen LogP contribution in [0, 0.1) is 20.3 Å². The summed E-state index contributed by atoms with van der Waals surface area (Å²) in [6, 6.07) is 6.43. The Morgan fingerprint density at radius 2 is 1.62 bits per heavy atom. The van der Waals surface area contributed by atoms with Crippen LogP contribution in [-0.2, 0) is 0 Å². The van der Waals surface area contributed by atoms with Gasteiger partial charge in [-0.15, -0.1) is 0 Å². The van der Waals surface area contributed by atoms with Gasteiger partial charge in [-0.25, -0.2) is 0 Å². The second-order valence-corrected chi connectivity index (χ2v) is 3.44. The Hall–Kier alpha value is -1.30. The Kier molecular flexibility index (Phi) is 2.05. The van der Waals surface area contributed by atoms with E-state index in [-0.39, 0.29) is 0 Å². The van der Waals surface area contributed by atoms with Gasteiger partial charge in [-0.1, -0.05) is 36.4 Å². The molecule has 1 aliphatic rings. The zero-order valence-corrected chi connectivity index (χ0v) is 8.04. The van der Waals surface area contributed by atoms with Crippen LogP contribution in [0.1, 0.15) is 16.7 Å². The van der Waals surface area contributed by atoms with Crippen LogP contribution in [0.5, 0.6) is 0 Å². The molecule has 1 aromatic rings. The average molecular weight is 169 g/mol. The van der Waals surface area contributed by atoms with Crippen molar-refractivity contribution in [3.8, 4) is 0 Å². The highest BCUT2D eigenvalue weighted by Gasteiger charge is 2.08. The maximum atomic E-state index is 2.16. The Bertz CT molecular complexity index is 361. The van der Waals surface area contributed by atoms with E-state index in [0.717, 1.165) is 0 Å². The summed E-state index contributed by atoms with van der Waals surface area (Å²) in [7, 11) is 0. The van der Waals surface area contributed by atoms with Gasteiger partial charge >= 0.3 is 0 Å². The van der Waals surface area contributed by atoms with Crippen LogP contribution in [0.25, 0.3) is 5.57 Å². The van der Waals surface area contributed by atoms with Crippen LogP contribution in [-0.4, -0.2) is 0 Å². The van der Waals surface area contributed by atoms with Gasteiger partial charge in [-0.2, -0.15) is 0 Å². The molecule has 0 amide bonds. The highest BCUT2D eigenvalue weighted by atomic mass is 14.1. The minimum absolute atomic E-state index is 1.33. The number of rotatable bonds is 1. The van der Waals surface area contributed by atoms with Gasteiger partial charge in [0.05, 0.1) is 0 Å². The molecular weight excluding hydrogens is 156 g/mol. The van der Waals surface area contributed by atoms with Crippen molar-refractivity contribution < 1.29 is 0 Å². The van der Waals surface area contributed by atoms with Crippen LogP contribution in [0.4, 0.5) is 0 Å². The molecule has 0 nitrogen and oxygen atoms in total. The lowest BCUT2D eigenvalue weighted by Gasteiger charge is -2.09. The van der Waals surface area contributed by atoms with Gasteiger partial charge in [0, 0.05) is 6.42 Å². The van der Waals surface area contributed by atoms with Gasteiger partial charge < -0.3 is 0 Å². The number of hydrogen-bond donors (Lipinski definition) is 0. The first-order valence-corrected chi connectivity index (χ1v) is 4.57. The molecule has 0 spiro atoms. The third-order valence-electron chi connectivity index (χ3n) is 2.43. The first-order valence-electron chi connectivity index (χ1n) is 4.57. The molecule has 0 heterocycles. The molecule has 0 aromatic heterocycles. The van der Waals surface area contributed by atoms with E-state index in [4.69, 9.17) is 0 Å². The predicted octanol–water partition coefficient (Wildman–Crippen LogP) is 3.46. The van der Waals surface area contributed by atoms with Gasteiger partial charge in [0.25, 0.3) is 0 Å². The SMILES string of the molecule is Cc1cccc(C)c1C1=CC=C[CH]1. The minimum atomic E-state index is 1.33. The van der Waals surface area contributed by atoms with Gasteiger partial charge in [-0.3, -0.25) is 0 Å². The topological polar surface area (TPSA) is 0 Å². The van der Waals surface area contributed by atoms with Crippen molar-refractivity contribution >= 4 is 5.57 Å². The first-order chi connectivity index (χ1) is 6.29. The monoisotopic (exact) mass is 169 g/mol. The summed E-state index contributed by atoms with van der Waals surface area (Å²) < 4.78 is 0. The molecule has 0 aliphatic heterocycles. The summed E-state index contributed by atoms with van der Waals surface area (Å²) in [5, 5.41) is 0. The van der Waals surface area contributed by atoms with Crippen LogP contribution in [0.15, 0.2) is 36.4 Å². The molecule has 1 radical (unpaired) electrons.